The van der Waals surface area contributed by atoms with Gasteiger partial charge >= 0.3 is 0 Å². The number of nitrogens with one attached hydrogen (secondary N) is 1. The van der Waals surface area contributed by atoms with Crippen molar-refractivity contribution in [2.75, 3.05) is 26.2 Å². The molecule has 6 rings (SSSR count). The lowest BCUT2D eigenvalue weighted by Gasteiger charge is -2.65. The van der Waals surface area contributed by atoms with Crippen LogP contribution in [-0.4, -0.2) is 65.1 Å². The van der Waals surface area contributed by atoms with Crippen LogP contribution in [0.25, 0.3) is 4.85 Å². The first kappa shape index (κ1) is 27.1. The van der Waals surface area contributed by atoms with Gasteiger partial charge in [0.15, 0.2) is 0 Å². The van der Waals surface area contributed by atoms with Crippen LogP contribution in [0.5, 0.6) is 5.75 Å². The molecule has 2 aliphatic carbocycles. The SMILES string of the molecule is [C-]#[N+]c1ccc(OC2C(C)(C)C(N3Cc4nc(C#CC5CC(N6CCNCC6)C5)ccc4C3=O)C2(C)C)cc1Cl. The molecule has 4 aliphatic rings. The lowest BCUT2D eigenvalue weighted by Crippen LogP contribution is -2.74. The fourth-order valence-electron chi connectivity index (χ4n) is 7.71. The van der Waals surface area contributed by atoms with Crippen molar-refractivity contribution in [3.8, 4) is 17.6 Å². The third kappa shape index (κ3) is 4.55. The summed E-state index contributed by atoms with van der Waals surface area (Å²) in [5, 5.41) is 3.80. The normalized spacial score (nSPS) is 28.4. The van der Waals surface area contributed by atoms with E-state index >= 15 is 0 Å². The Balaban J connectivity index is 1.12. The first-order chi connectivity index (χ1) is 19.1. The Hall–Kier alpha value is -3.10. The molecular formula is C32H36ClN5O2. The standard InChI is InChI=1S/C32H36ClN5O2/c1-31(2)29(32(3,4)30(31)40-23-9-11-26(34-5)25(33)18-23)38-19-27-24(28(38)39)10-8-21(36-27)7-6-20-16-22(17-20)37-14-12-35-13-15-37/h8-11,18,20,22,29-30,35H,12-17,19H2,1-4H3. The molecule has 0 bridgehead atoms. The maximum Gasteiger partial charge on any atom is 0.256 e. The van der Waals surface area contributed by atoms with Gasteiger partial charge in [-0.2, -0.15) is 0 Å². The van der Waals surface area contributed by atoms with Gasteiger partial charge in [0.1, 0.15) is 17.5 Å². The van der Waals surface area contributed by atoms with Gasteiger partial charge in [-0.3, -0.25) is 9.69 Å². The van der Waals surface area contributed by atoms with Crippen molar-refractivity contribution in [2.45, 2.75) is 65.3 Å². The molecule has 3 fully saturated rings. The summed E-state index contributed by atoms with van der Waals surface area (Å²) < 4.78 is 6.43. The molecule has 8 heteroatoms. The summed E-state index contributed by atoms with van der Waals surface area (Å²) in [5.41, 5.74) is 2.02. The number of pyridine rings is 1. The molecule has 1 aromatic carbocycles. The summed E-state index contributed by atoms with van der Waals surface area (Å²) in [4.78, 5) is 26.4. The van der Waals surface area contributed by atoms with E-state index in [0.29, 0.717) is 40.5 Å². The number of fused-ring (bicyclic) bond motifs is 1. The molecule has 40 heavy (non-hydrogen) atoms. The second-order valence-electron chi connectivity index (χ2n) is 12.8. The number of hydrogen-bond acceptors (Lipinski definition) is 5. The summed E-state index contributed by atoms with van der Waals surface area (Å²) >= 11 is 6.25. The van der Waals surface area contributed by atoms with Crippen LogP contribution in [0.1, 0.15) is 62.3 Å². The quantitative estimate of drug-likeness (QED) is 0.416. The molecule has 2 aromatic rings. The van der Waals surface area contributed by atoms with Gasteiger partial charge in [0.2, 0.25) is 5.69 Å². The second-order valence-corrected chi connectivity index (χ2v) is 13.2. The van der Waals surface area contributed by atoms with Crippen molar-refractivity contribution in [3.63, 3.8) is 0 Å². The number of benzene rings is 1. The Kier molecular flexibility index (Phi) is 6.82. The van der Waals surface area contributed by atoms with Crippen molar-refractivity contribution in [1.82, 2.24) is 20.1 Å². The van der Waals surface area contributed by atoms with Crippen LogP contribution >= 0.6 is 11.6 Å². The first-order valence-corrected chi connectivity index (χ1v) is 14.6. The number of aromatic nitrogens is 1. The largest absolute Gasteiger partial charge is 0.489 e. The van der Waals surface area contributed by atoms with Gasteiger partial charge in [0.05, 0.1) is 29.4 Å². The summed E-state index contributed by atoms with van der Waals surface area (Å²) in [6, 6.07) is 9.59. The van der Waals surface area contributed by atoms with E-state index < -0.39 is 0 Å². The topological polar surface area (TPSA) is 62.1 Å². The Bertz CT molecular complexity index is 1420. The van der Waals surface area contributed by atoms with E-state index in [1.165, 1.54) is 0 Å². The highest BCUT2D eigenvalue weighted by Crippen LogP contribution is 2.59. The molecule has 0 atom stereocenters. The summed E-state index contributed by atoms with van der Waals surface area (Å²) in [6.07, 6.45) is 2.13. The molecule has 1 amide bonds. The van der Waals surface area contributed by atoms with Gasteiger partial charge in [-0.05, 0) is 43.0 Å². The maximum atomic E-state index is 13.6. The molecular weight excluding hydrogens is 522 g/mol. The highest BCUT2D eigenvalue weighted by molar-refractivity contribution is 6.33. The van der Waals surface area contributed by atoms with Crippen molar-refractivity contribution >= 4 is 23.2 Å². The zero-order valence-electron chi connectivity index (χ0n) is 23.6. The van der Waals surface area contributed by atoms with Crippen molar-refractivity contribution < 1.29 is 9.53 Å². The smallest absolute Gasteiger partial charge is 0.256 e. The van der Waals surface area contributed by atoms with Crippen molar-refractivity contribution in [1.29, 1.82) is 0 Å². The molecule has 3 heterocycles. The Morgan fingerprint density at radius 3 is 2.52 bits per heavy atom. The molecule has 0 spiro atoms. The number of ether oxygens (including phenoxy) is 1. The molecule has 1 saturated heterocycles. The van der Waals surface area contributed by atoms with Crippen LogP contribution in [0, 0.1) is 35.2 Å². The van der Waals surface area contributed by atoms with E-state index in [-0.39, 0.29) is 28.9 Å². The van der Waals surface area contributed by atoms with Crippen molar-refractivity contribution in [2.24, 2.45) is 16.7 Å². The molecule has 1 aromatic heterocycles. The molecule has 1 N–H and O–H groups in total. The van der Waals surface area contributed by atoms with Gasteiger partial charge in [0.25, 0.3) is 5.91 Å². The predicted molar refractivity (Wildman–Crippen MR) is 155 cm³/mol. The number of piperazine rings is 1. The Morgan fingerprint density at radius 1 is 1.12 bits per heavy atom. The van der Waals surface area contributed by atoms with E-state index in [0.717, 1.165) is 50.4 Å². The number of hydrogen-bond donors (Lipinski definition) is 1. The van der Waals surface area contributed by atoms with Gasteiger partial charge < -0.3 is 15.0 Å². The highest BCUT2D eigenvalue weighted by Gasteiger charge is 2.67. The molecule has 0 unspecified atom stereocenters. The Morgan fingerprint density at radius 2 is 1.85 bits per heavy atom. The minimum Gasteiger partial charge on any atom is -0.489 e. The number of amides is 1. The summed E-state index contributed by atoms with van der Waals surface area (Å²) in [5.74, 6) is 7.81. The van der Waals surface area contributed by atoms with Gasteiger partial charge in [-0.15, -0.1) is 0 Å². The van der Waals surface area contributed by atoms with Crippen LogP contribution in [0.3, 0.4) is 0 Å². The number of halogens is 1. The zero-order valence-corrected chi connectivity index (χ0v) is 24.4. The van der Waals surface area contributed by atoms with Crippen LogP contribution in [-0.2, 0) is 6.54 Å². The predicted octanol–water partition coefficient (Wildman–Crippen LogP) is 5.16. The van der Waals surface area contributed by atoms with E-state index in [9.17, 15) is 4.79 Å². The highest BCUT2D eigenvalue weighted by atomic mass is 35.5. The van der Waals surface area contributed by atoms with Crippen LogP contribution < -0.4 is 10.1 Å². The van der Waals surface area contributed by atoms with E-state index in [2.05, 4.69) is 54.6 Å². The third-order valence-corrected chi connectivity index (χ3v) is 9.64. The van der Waals surface area contributed by atoms with Gasteiger partial charge in [-0.25, -0.2) is 9.83 Å². The minimum atomic E-state index is -0.306. The zero-order chi connectivity index (χ0) is 28.2. The van der Waals surface area contributed by atoms with Crippen LogP contribution in [0.2, 0.25) is 5.02 Å². The van der Waals surface area contributed by atoms with Crippen LogP contribution in [0.15, 0.2) is 30.3 Å². The fraction of sp³-hybridized carbons (Fsp3) is 0.531. The van der Waals surface area contributed by atoms with Crippen LogP contribution in [0.4, 0.5) is 5.69 Å². The van der Waals surface area contributed by atoms with E-state index in [4.69, 9.17) is 27.9 Å². The van der Waals surface area contributed by atoms with E-state index in [1.807, 2.05) is 17.0 Å². The fourth-order valence-corrected chi connectivity index (χ4v) is 7.93. The average molecular weight is 558 g/mol. The number of carbonyl (C=O) groups is 1. The van der Waals surface area contributed by atoms with Gasteiger partial charge in [0, 0.05) is 55.0 Å². The molecule has 7 nitrogen and oxygen atoms in total. The lowest BCUT2D eigenvalue weighted by molar-refractivity contribution is -0.199. The molecule has 0 radical (unpaired) electrons. The second kappa shape index (κ2) is 10.1. The first-order valence-electron chi connectivity index (χ1n) is 14.2. The summed E-state index contributed by atoms with van der Waals surface area (Å²) in [7, 11) is 0. The maximum absolute atomic E-state index is 13.6. The van der Waals surface area contributed by atoms with Gasteiger partial charge in [-0.1, -0.05) is 51.3 Å². The molecule has 2 saturated carbocycles. The minimum absolute atomic E-state index is 0.0221. The lowest BCUT2D eigenvalue weighted by atomic mass is 9.49. The monoisotopic (exact) mass is 557 g/mol. The van der Waals surface area contributed by atoms with E-state index in [1.54, 1.807) is 18.2 Å². The summed E-state index contributed by atoms with van der Waals surface area (Å²) in [6.45, 7) is 20.7. The molecule has 2 aliphatic heterocycles. The number of nitrogens with zero attached hydrogens (tertiary/aromatic N) is 4. The Labute approximate surface area is 242 Å². The number of carbonyl (C=O) groups excluding carboxylic acids is 1. The third-order valence-electron chi connectivity index (χ3n) is 9.34. The molecule has 208 valence electrons. The van der Waals surface area contributed by atoms with Crippen molar-refractivity contribution in [3.05, 3.63) is 63.7 Å². The number of rotatable bonds is 4. The average Bonchev–Trinajstić information content (AvgIpc) is 3.21.